The van der Waals surface area contributed by atoms with Crippen LogP contribution in [0.4, 0.5) is 0 Å². The van der Waals surface area contributed by atoms with Crippen molar-refractivity contribution in [1.82, 2.24) is 4.57 Å². The molecule has 0 aliphatic carbocycles. The average molecular weight is 333 g/mol. The summed E-state index contributed by atoms with van der Waals surface area (Å²) in [4.78, 5) is 12.6. The zero-order valence-electron chi connectivity index (χ0n) is 14.9. The van der Waals surface area contributed by atoms with Crippen LogP contribution in [0.2, 0.25) is 0 Å². The van der Waals surface area contributed by atoms with Crippen molar-refractivity contribution in [2.24, 2.45) is 0 Å². The third-order valence-electron chi connectivity index (χ3n) is 4.45. The molecule has 3 heteroatoms. The Bertz CT molecular complexity index is 850. The van der Waals surface area contributed by atoms with Gasteiger partial charge in [-0.2, -0.15) is 0 Å². The van der Waals surface area contributed by atoms with Crippen LogP contribution >= 0.6 is 0 Å². The predicted molar refractivity (Wildman–Crippen MR) is 101 cm³/mol. The summed E-state index contributed by atoms with van der Waals surface area (Å²) in [6.07, 6.45) is 2.05. The molecule has 3 rings (SSSR count). The number of hydrogen-bond acceptors (Lipinski definition) is 2. The summed E-state index contributed by atoms with van der Waals surface area (Å²) in [5.74, 6) is -0.266. The van der Waals surface area contributed by atoms with E-state index in [2.05, 4.69) is 23.6 Å². The van der Waals surface area contributed by atoms with Crippen molar-refractivity contribution in [3.8, 4) is 11.3 Å². The minimum absolute atomic E-state index is 0.110. The Morgan fingerprint density at radius 2 is 1.64 bits per heavy atom. The number of hydrogen-bond donors (Lipinski definition) is 0. The second kappa shape index (κ2) is 7.39. The Morgan fingerprint density at radius 1 is 1.04 bits per heavy atom. The molecule has 1 heterocycles. The Balaban J connectivity index is 2.19. The fraction of sp³-hybridized carbons (Fsp3) is 0.227. The Kier molecular flexibility index (Phi) is 5.03. The van der Waals surface area contributed by atoms with Gasteiger partial charge in [0, 0.05) is 6.20 Å². The Morgan fingerprint density at radius 3 is 2.24 bits per heavy atom. The van der Waals surface area contributed by atoms with E-state index in [1.807, 2.05) is 68.6 Å². The van der Waals surface area contributed by atoms with E-state index in [4.69, 9.17) is 4.74 Å². The first-order valence-corrected chi connectivity index (χ1v) is 8.62. The highest BCUT2D eigenvalue weighted by Crippen LogP contribution is 2.33. The van der Waals surface area contributed by atoms with Crippen molar-refractivity contribution in [3.63, 3.8) is 0 Å². The van der Waals surface area contributed by atoms with Crippen LogP contribution in [-0.4, -0.2) is 17.1 Å². The van der Waals surface area contributed by atoms with Crippen molar-refractivity contribution in [1.29, 1.82) is 0 Å². The zero-order chi connectivity index (χ0) is 17.8. The number of carbonyl (C=O) groups is 1. The van der Waals surface area contributed by atoms with E-state index < -0.39 is 0 Å². The average Bonchev–Trinajstić information content (AvgIpc) is 3.00. The maximum absolute atomic E-state index is 12.6. The van der Waals surface area contributed by atoms with Crippen molar-refractivity contribution < 1.29 is 9.53 Å². The van der Waals surface area contributed by atoms with Crippen LogP contribution in [0.25, 0.3) is 11.3 Å². The molecule has 0 spiro atoms. The molecule has 0 amide bonds. The highest BCUT2D eigenvalue weighted by molar-refractivity contribution is 5.98. The van der Waals surface area contributed by atoms with Crippen LogP contribution in [-0.2, 0) is 4.74 Å². The van der Waals surface area contributed by atoms with Crippen LogP contribution < -0.4 is 0 Å². The van der Waals surface area contributed by atoms with Crippen molar-refractivity contribution in [2.45, 2.75) is 26.8 Å². The van der Waals surface area contributed by atoms with Crippen molar-refractivity contribution in [3.05, 3.63) is 83.6 Å². The van der Waals surface area contributed by atoms with E-state index >= 15 is 0 Å². The quantitative estimate of drug-likeness (QED) is 0.597. The number of carbonyl (C=O) groups excluding carboxylic acids is 1. The topological polar surface area (TPSA) is 31.2 Å². The molecule has 0 fully saturated rings. The van der Waals surface area contributed by atoms with Gasteiger partial charge in [0.1, 0.15) is 0 Å². The largest absolute Gasteiger partial charge is 0.462 e. The monoisotopic (exact) mass is 333 g/mol. The number of nitrogens with zero attached hydrogens (tertiary/aromatic N) is 1. The molecule has 2 aromatic carbocycles. The molecule has 3 aromatic rings. The number of ether oxygens (including phenoxy) is 1. The lowest BCUT2D eigenvalue weighted by Gasteiger charge is -2.19. The first-order valence-electron chi connectivity index (χ1n) is 8.62. The van der Waals surface area contributed by atoms with Crippen LogP contribution in [0.1, 0.15) is 41.4 Å². The second-order valence-corrected chi connectivity index (χ2v) is 6.12. The standard InChI is InChI=1S/C22H23NO2/c1-4-25-22(24)20-16(2)15-23(17(3)18-11-7-5-8-12-18)21(20)19-13-9-6-10-14-19/h5-15,17H,4H2,1-3H3/t17-/m1/s1. The summed E-state index contributed by atoms with van der Waals surface area (Å²) in [5, 5.41) is 0. The molecule has 1 aromatic heterocycles. The van der Waals surface area contributed by atoms with E-state index in [1.54, 1.807) is 0 Å². The normalized spacial score (nSPS) is 12.0. The van der Waals surface area contributed by atoms with Gasteiger partial charge in [0.15, 0.2) is 0 Å². The van der Waals surface area contributed by atoms with Gasteiger partial charge in [0.05, 0.1) is 23.9 Å². The number of aryl methyl sites for hydroxylation is 1. The fourth-order valence-corrected chi connectivity index (χ4v) is 3.20. The number of rotatable bonds is 5. The van der Waals surface area contributed by atoms with Gasteiger partial charge in [0.2, 0.25) is 0 Å². The number of aromatic nitrogens is 1. The van der Waals surface area contributed by atoms with Gasteiger partial charge in [-0.25, -0.2) is 4.79 Å². The highest BCUT2D eigenvalue weighted by Gasteiger charge is 2.24. The molecule has 128 valence electrons. The highest BCUT2D eigenvalue weighted by atomic mass is 16.5. The lowest BCUT2D eigenvalue weighted by Crippen LogP contribution is -2.11. The smallest absolute Gasteiger partial charge is 0.340 e. The molecule has 0 unspecified atom stereocenters. The van der Waals surface area contributed by atoms with Crippen molar-refractivity contribution in [2.75, 3.05) is 6.61 Å². The first-order chi connectivity index (χ1) is 12.1. The molecule has 0 bridgehead atoms. The Labute approximate surface area is 148 Å². The molecular formula is C22H23NO2. The first kappa shape index (κ1) is 17.0. The minimum atomic E-state index is -0.266. The molecule has 0 saturated heterocycles. The minimum Gasteiger partial charge on any atom is -0.462 e. The van der Waals surface area contributed by atoms with Gasteiger partial charge in [-0.05, 0) is 37.5 Å². The molecule has 0 radical (unpaired) electrons. The van der Waals surface area contributed by atoms with Gasteiger partial charge in [0.25, 0.3) is 0 Å². The summed E-state index contributed by atoms with van der Waals surface area (Å²) in [6, 6.07) is 20.4. The zero-order valence-corrected chi connectivity index (χ0v) is 14.9. The summed E-state index contributed by atoms with van der Waals surface area (Å²) < 4.78 is 7.49. The summed E-state index contributed by atoms with van der Waals surface area (Å²) in [6.45, 7) is 6.31. The maximum atomic E-state index is 12.6. The Hall–Kier alpha value is -2.81. The SMILES string of the molecule is CCOC(=O)c1c(C)cn([C@H](C)c2ccccc2)c1-c1ccccc1. The number of benzene rings is 2. The lowest BCUT2D eigenvalue weighted by atomic mass is 10.0. The van der Waals surface area contributed by atoms with Crippen LogP contribution in [0.3, 0.4) is 0 Å². The molecule has 0 N–H and O–H groups in total. The van der Waals surface area contributed by atoms with Gasteiger partial charge in [-0.15, -0.1) is 0 Å². The maximum Gasteiger partial charge on any atom is 0.340 e. The van der Waals surface area contributed by atoms with E-state index in [0.29, 0.717) is 12.2 Å². The van der Waals surface area contributed by atoms with E-state index in [0.717, 1.165) is 16.8 Å². The predicted octanol–water partition coefficient (Wildman–Crippen LogP) is 5.25. The van der Waals surface area contributed by atoms with Gasteiger partial charge in [-0.3, -0.25) is 0 Å². The number of esters is 1. The molecular weight excluding hydrogens is 310 g/mol. The molecule has 25 heavy (non-hydrogen) atoms. The summed E-state index contributed by atoms with van der Waals surface area (Å²) in [5.41, 5.74) is 4.70. The van der Waals surface area contributed by atoms with Crippen LogP contribution in [0, 0.1) is 6.92 Å². The fourth-order valence-electron chi connectivity index (χ4n) is 3.20. The molecule has 1 atom stereocenters. The molecule has 0 saturated carbocycles. The van der Waals surface area contributed by atoms with E-state index in [1.165, 1.54) is 5.56 Å². The van der Waals surface area contributed by atoms with E-state index in [9.17, 15) is 4.79 Å². The second-order valence-electron chi connectivity index (χ2n) is 6.12. The third-order valence-corrected chi connectivity index (χ3v) is 4.45. The van der Waals surface area contributed by atoms with Gasteiger partial charge in [-0.1, -0.05) is 60.7 Å². The lowest BCUT2D eigenvalue weighted by molar-refractivity contribution is 0.0526. The summed E-state index contributed by atoms with van der Waals surface area (Å²) in [7, 11) is 0. The molecule has 0 aliphatic heterocycles. The molecule has 0 aliphatic rings. The van der Waals surface area contributed by atoms with Gasteiger partial charge >= 0.3 is 5.97 Å². The van der Waals surface area contributed by atoms with Crippen molar-refractivity contribution >= 4 is 5.97 Å². The third kappa shape index (κ3) is 3.36. The summed E-state index contributed by atoms with van der Waals surface area (Å²) >= 11 is 0. The molecule has 3 nitrogen and oxygen atoms in total. The van der Waals surface area contributed by atoms with Gasteiger partial charge < -0.3 is 9.30 Å². The van der Waals surface area contributed by atoms with Crippen LogP contribution in [0.5, 0.6) is 0 Å². The van der Waals surface area contributed by atoms with Crippen LogP contribution in [0.15, 0.2) is 66.9 Å². The van der Waals surface area contributed by atoms with E-state index in [-0.39, 0.29) is 12.0 Å².